The third kappa shape index (κ3) is 42.4. The van der Waals surface area contributed by atoms with Gasteiger partial charge in [0.15, 0.2) is 0 Å². The van der Waals surface area contributed by atoms with Crippen molar-refractivity contribution in [2.24, 2.45) is 11.8 Å². The molecule has 149 heavy (non-hydrogen) atoms. The molecule has 12 aromatic carbocycles. The number of methoxy groups -OCH3 is 1. The van der Waals surface area contributed by atoms with E-state index in [1.54, 1.807) is 43.1 Å². The van der Waals surface area contributed by atoms with Crippen LogP contribution in [0.4, 0.5) is 0 Å². The molecule has 1 aliphatic carbocycles. The van der Waals surface area contributed by atoms with Gasteiger partial charge in [0.05, 0.1) is 69.1 Å². The van der Waals surface area contributed by atoms with Gasteiger partial charge in [0.25, 0.3) is 0 Å². The standard InChI is InChI=1S/C18H23NO.C16H19NO.C16H18O2.C14H14O2.C13H21NOS.C13H19NO.C11H17NO.C10H18O2.C9H12O2.C6H10O4/c1-14(2)19(3)17(15-10-6-4-7-11-15)18(20)16-12-8-5-9-13-16;1-17(12-14-8-4-2-5-9-14)13-16(18)15-10-6-3-7-11-15;1-11-7-3-5-9-13(11)15(17)16(18)14-10-6-4-8-12(14)2;15-13(11-7-3-1-4-8-11)14(16)12-9-5-2-6-10-12;1-5-12(14(2)3)13(15)10-6-8-11(16-4)9-7-10;1-11(14-9-5-6-10-14)13(15)12-7-3-2-4-8-12;1-9(12(2)3)11(13)10-7-5-4-6-8-10;1-7-3-4-9(8(2)6-11)10(12)5-7;1-11-7-9(10)8-5-3-2-4-6-8;7-3-1-9-6-4(8)2-10-5(3)6/h4-14,17-18,20H,1-3H3;2-11,16,18H,12-13H2,1H3;3-10,15-18H,1-2H3;1-10,13-16H;6-9,12-13,15H,5H2,1-4H3;2-4,7-8,11,13,15H,5-6,9-10H2,1H3;4-9,11,13H,1-3H3;7,9-12H,2-6H2,1H3;2-6,9-10H,7H2,1H3;3-8H,1-2H2/t17-,18+;16-;15-,16-;13-,14-;12-,13-;11-,13-;9-,11-;7-,9+,10-;9-;3-,4-,5-,6-/m1100001101/s1. The fraction of sp³-hybridized carbons (Fsp3) is 0.413. The average molecular weight is 2060 g/mol. The molecule has 808 valence electrons. The molecule has 0 radical (unpaired) electrons. The highest BCUT2D eigenvalue weighted by Crippen LogP contribution is 2.38. The maximum Gasteiger partial charge on any atom is 0.114 e. The molecule has 4 aliphatic rings. The van der Waals surface area contributed by atoms with Gasteiger partial charge in [-0.1, -0.05) is 354 Å². The summed E-state index contributed by atoms with van der Waals surface area (Å²) in [5.74, 6) is 0.744. The number of aryl methyl sites for hydroxylation is 2. The van der Waals surface area contributed by atoms with E-state index >= 15 is 0 Å². The predicted octanol–water partition coefficient (Wildman–Crippen LogP) is 20.0. The number of benzene rings is 12. The molecular weight excluding hydrogens is 1890 g/mol. The topological polar surface area (TPSA) is 327 Å². The summed E-state index contributed by atoms with van der Waals surface area (Å²) >= 11 is 1.72. The van der Waals surface area contributed by atoms with Crippen LogP contribution in [0.3, 0.4) is 0 Å². The Morgan fingerprint density at radius 2 is 0.772 bits per heavy atom. The second kappa shape index (κ2) is 68.7. The first-order valence-electron chi connectivity index (χ1n) is 52.1. The van der Waals surface area contributed by atoms with E-state index in [0.717, 1.165) is 123 Å². The van der Waals surface area contributed by atoms with Crippen molar-refractivity contribution in [3.8, 4) is 0 Å². The SMILES string of the molecule is C=C(CO)[C@@H]1CC[C@@H](C)C[C@H]1O.CC(C)N(C)[C@H](c1ccccc1)[C@@H](O)c1ccccc1.CC[C@@H]([C@@H](O)c1ccc(SC)cc1)N(C)C.CN(Cc1ccccc1)C[C@@H](O)c1ccccc1.COC[C@H](O)c1ccccc1.C[C@@H]([C@H](O)c1ccccc1)N1CCCC1.C[C@H]([C@@H](O)c1ccccc1)N(C)C.Cc1ccccc1[C@H](O)[C@@H](O)c1ccccc1C.O[C@@H](c1ccccc1)[C@@H](O)c1ccccc1.O[C@@H]1CO[C@H]2[C@@H]1OC[C@H]2O. The van der Waals surface area contributed by atoms with Crippen molar-refractivity contribution in [2.45, 2.75) is 227 Å². The van der Waals surface area contributed by atoms with Crippen molar-refractivity contribution >= 4 is 11.8 Å². The van der Waals surface area contributed by atoms with E-state index in [9.17, 15) is 56.2 Å². The molecule has 0 amide bonds. The first kappa shape index (κ1) is 126. The quantitative estimate of drug-likeness (QED) is 0.0138. The summed E-state index contributed by atoms with van der Waals surface area (Å²) in [6.07, 6.45) is 0.320. The summed E-state index contributed by atoms with van der Waals surface area (Å²) in [5.41, 5.74) is 14.0. The third-order valence-electron chi connectivity index (χ3n) is 27.6. The zero-order valence-corrected chi connectivity index (χ0v) is 91.2. The molecule has 21 atom stereocenters. The van der Waals surface area contributed by atoms with Gasteiger partial charge in [-0.3, -0.25) is 14.7 Å². The molecule has 1 saturated carbocycles. The zero-order chi connectivity index (χ0) is 109. The molecule has 3 saturated heterocycles. The summed E-state index contributed by atoms with van der Waals surface area (Å²) < 4.78 is 15.0. The van der Waals surface area contributed by atoms with Crippen LogP contribution in [0.25, 0.3) is 0 Å². The van der Waals surface area contributed by atoms with Gasteiger partial charge in [-0.25, -0.2) is 0 Å². The van der Waals surface area contributed by atoms with Gasteiger partial charge in [0.2, 0.25) is 0 Å². The molecule has 3 aliphatic heterocycles. The molecule has 14 N–H and O–H groups in total. The number of likely N-dealkylation sites (N-methyl/N-ethyl adjacent to an activating group) is 4. The van der Waals surface area contributed by atoms with E-state index in [2.05, 4.69) is 110 Å². The number of aliphatic hydroxyl groups excluding tert-OH is 14. The Kier molecular flexibility index (Phi) is 58.0. The van der Waals surface area contributed by atoms with E-state index in [1.165, 1.54) is 23.3 Å². The summed E-state index contributed by atoms with van der Waals surface area (Å²) in [7, 11) is 13.6. The van der Waals surface area contributed by atoms with Crippen LogP contribution < -0.4 is 0 Å². The highest BCUT2D eigenvalue weighted by atomic mass is 32.2. The second-order valence-corrected chi connectivity index (χ2v) is 40.3. The lowest BCUT2D eigenvalue weighted by Crippen LogP contribution is -2.35. The van der Waals surface area contributed by atoms with Gasteiger partial charge in [-0.05, 0) is 243 Å². The van der Waals surface area contributed by atoms with Crippen LogP contribution in [0.2, 0.25) is 0 Å². The van der Waals surface area contributed by atoms with Crippen molar-refractivity contribution in [3.63, 3.8) is 0 Å². The van der Waals surface area contributed by atoms with E-state index in [-0.39, 0.29) is 74.3 Å². The number of ether oxygens (including phenoxy) is 3. The number of aliphatic hydroxyl groups is 14. The highest BCUT2D eigenvalue weighted by molar-refractivity contribution is 7.98. The second-order valence-electron chi connectivity index (χ2n) is 39.5. The Balaban J connectivity index is 0.000000225. The number of rotatable bonds is 32. The first-order valence-corrected chi connectivity index (χ1v) is 53.3. The lowest BCUT2D eigenvalue weighted by atomic mass is 9.77. The molecule has 0 bridgehead atoms. The summed E-state index contributed by atoms with van der Waals surface area (Å²) in [4.78, 5) is 12.0. The van der Waals surface area contributed by atoms with Crippen molar-refractivity contribution in [1.82, 2.24) is 24.5 Å². The normalized spacial score (nSPS) is 19.4. The van der Waals surface area contributed by atoms with Crippen molar-refractivity contribution in [3.05, 3.63) is 436 Å². The van der Waals surface area contributed by atoms with Crippen LogP contribution >= 0.6 is 11.8 Å². The molecule has 16 rings (SSSR count). The van der Waals surface area contributed by atoms with Crippen LogP contribution in [0.15, 0.2) is 363 Å². The first-order chi connectivity index (χ1) is 71.5. The van der Waals surface area contributed by atoms with E-state index < -0.39 is 67.1 Å². The summed E-state index contributed by atoms with van der Waals surface area (Å²) in [5, 5.41) is 138. The van der Waals surface area contributed by atoms with Crippen LogP contribution in [-0.2, 0) is 20.8 Å². The number of thioether (sulfide) groups is 1. The van der Waals surface area contributed by atoms with Gasteiger partial charge >= 0.3 is 0 Å². The van der Waals surface area contributed by atoms with Gasteiger partial charge < -0.3 is 95.5 Å². The number of nitrogens with zero attached hydrogens (tertiary/aromatic N) is 5. The molecule has 12 aromatic rings. The Hall–Kier alpha value is -10.2. The fourth-order valence-electron chi connectivity index (χ4n) is 18.0. The number of hydrogen-bond donors (Lipinski definition) is 14. The van der Waals surface area contributed by atoms with Gasteiger partial charge in [-0.2, -0.15) is 0 Å². The van der Waals surface area contributed by atoms with E-state index in [4.69, 9.17) is 29.5 Å². The minimum Gasteiger partial charge on any atom is -0.392 e. The maximum atomic E-state index is 10.8. The Morgan fingerprint density at radius 1 is 0.416 bits per heavy atom. The van der Waals surface area contributed by atoms with Crippen LogP contribution in [-0.4, -0.2) is 252 Å². The Bertz CT molecular complexity index is 5370. The highest BCUT2D eigenvalue weighted by Gasteiger charge is 2.46. The van der Waals surface area contributed by atoms with Gasteiger partial charge in [0, 0.05) is 55.2 Å². The van der Waals surface area contributed by atoms with Crippen LogP contribution in [0, 0.1) is 25.7 Å². The number of fused-ring (bicyclic) bond motifs is 1. The number of likely N-dealkylation sites (tertiary alicyclic amines) is 1. The molecule has 23 heteroatoms. The molecular formula is C126H171N5O17S. The summed E-state index contributed by atoms with van der Waals surface area (Å²) in [6.45, 7) is 25.0. The Morgan fingerprint density at radius 3 is 1.13 bits per heavy atom. The minimum atomic E-state index is -0.896. The van der Waals surface area contributed by atoms with E-state index in [0.29, 0.717) is 25.1 Å². The molecule has 4 fully saturated rings. The molecule has 0 aromatic heterocycles. The maximum absolute atomic E-state index is 10.8. The van der Waals surface area contributed by atoms with Crippen LogP contribution in [0.1, 0.15) is 225 Å². The lowest BCUT2D eigenvalue weighted by Gasteiger charge is -2.35. The third-order valence-corrected chi connectivity index (χ3v) is 28.4. The summed E-state index contributed by atoms with van der Waals surface area (Å²) in [6, 6.07) is 112. The predicted molar refractivity (Wildman–Crippen MR) is 603 cm³/mol. The smallest absolute Gasteiger partial charge is 0.114 e. The minimum absolute atomic E-state index is 0.0100. The lowest BCUT2D eigenvalue weighted by molar-refractivity contribution is 0.00205. The van der Waals surface area contributed by atoms with Crippen molar-refractivity contribution < 1.29 is 85.7 Å². The monoisotopic (exact) mass is 2060 g/mol. The number of hydrogen-bond acceptors (Lipinski definition) is 23. The fourth-order valence-corrected chi connectivity index (χ4v) is 18.4. The molecule has 3 heterocycles. The van der Waals surface area contributed by atoms with Gasteiger partial charge in [0.1, 0.15) is 54.9 Å². The largest absolute Gasteiger partial charge is 0.392 e. The van der Waals surface area contributed by atoms with Gasteiger partial charge in [-0.15, -0.1) is 11.8 Å². The molecule has 0 spiro atoms. The van der Waals surface area contributed by atoms with Crippen molar-refractivity contribution in [2.75, 3.05) is 102 Å². The average Bonchev–Trinajstić information content (AvgIpc) is 1.75. The van der Waals surface area contributed by atoms with Crippen LogP contribution in [0.5, 0.6) is 0 Å². The Labute approximate surface area is 892 Å². The van der Waals surface area contributed by atoms with Crippen molar-refractivity contribution in [1.29, 1.82) is 0 Å². The molecule has 22 nitrogen and oxygen atoms in total. The zero-order valence-electron chi connectivity index (χ0n) is 90.3. The van der Waals surface area contributed by atoms with E-state index in [1.807, 2.05) is 346 Å². The molecule has 0 unspecified atom stereocenters.